The summed E-state index contributed by atoms with van der Waals surface area (Å²) in [6, 6.07) is 8.17. The molecule has 2 aromatic rings. The van der Waals surface area contributed by atoms with Gasteiger partial charge < -0.3 is 19.9 Å². The molecule has 1 aliphatic carbocycles. The average Bonchev–Trinajstić information content (AvgIpc) is 3.47. The number of aromatic nitrogens is 2. The molecule has 1 atom stereocenters. The van der Waals surface area contributed by atoms with Gasteiger partial charge in [-0.25, -0.2) is 14.8 Å². The van der Waals surface area contributed by atoms with Gasteiger partial charge in [0.25, 0.3) is 0 Å². The molecule has 2 N–H and O–H groups in total. The third kappa shape index (κ3) is 4.11. The molecule has 2 fully saturated rings. The number of hydrogen-bond donors (Lipinski definition) is 2. The van der Waals surface area contributed by atoms with E-state index in [1.807, 2.05) is 24.4 Å². The second-order valence-electron chi connectivity index (χ2n) is 8.55. The number of fused-ring (bicyclic) bond motifs is 2. The van der Waals surface area contributed by atoms with Crippen LogP contribution in [-0.4, -0.2) is 58.3 Å². The van der Waals surface area contributed by atoms with Crippen LogP contribution in [-0.2, 0) is 28.1 Å². The largest absolute Gasteiger partial charge is 0.482 e. The monoisotopic (exact) mass is 410 g/mol. The zero-order chi connectivity index (χ0) is 20.6. The van der Waals surface area contributed by atoms with E-state index in [0.29, 0.717) is 25.0 Å². The Morgan fingerprint density at radius 3 is 3.13 bits per heavy atom. The van der Waals surface area contributed by atoms with E-state index in [0.717, 1.165) is 48.8 Å². The predicted molar refractivity (Wildman–Crippen MR) is 109 cm³/mol. The van der Waals surface area contributed by atoms with Gasteiger partial charge in [-0.1, -0.05) is 12.1 Å². The lowest BCUT2D eigenvalue weighted by atomic mass is 9.80. The molecule has 30 heavy (non-hydrogen) atoms. The van der Waals surface area contributed by atoms with Gasteiger partial charge in [0.2, 0.25) is 5.95 Å². The number of hydrogen-bond acceptors (Lipinski definition) is 7. The summed E-state index contributed by atoms with van der Waals surface area (Å²) < 4.78 is 11.3. The van der Waals surface area contributed by atoms with Gasteiger partial charge in [-0.05, 0) is 43.5 Å². The van der Waals surface area contributed by atoms with Gasteiger partial charge in [-0.3, -0.25) is 4.90 Å². The fourth-order valence-electron chi connectivity index (χ4n) is 4.42. The molecule has 2 aliphatic heterocycles. The van der Waals surface area contributed by atoms with E-state index in [4.69, 9.17) is 19.6 Å². The Hall–Kier alpha value is -2.71. The Morgan fingerprint density at radius 1 is 1.40 bits per heavy atom. The summed E-state index contributed by atoms with van der Waals surface area (Å²) in [6.45, 7) is 3.53. The van der Waals surface area contributed by atoms with E-state index < -0.39 is 5.97 Å². The fourth-order valence-corrected chi connectivity index (χ4v) is 4.42. The molecule has 0 bridgehead atoms. The minimum atomic E-state index is -0.976. The minimum Gasteiger partial charge on any atom is -0.482 e. The first kappa shape index (κ1) is 19.3. The highest BCUT2D eigenvalue weighted by molar-refractivity contribution is 5.68. The predicted octanol–water partition coefficient (Wildman–Crippen LogP) is 2.19. The van der Waals surface area contributed by atoms with Crippen LogP contribution in [0.2, 0.25) is 0 Å². The molecule has 3 heterocycles. The molecular formula is C22H26N4O4. The highest BCUT2D eigenvalue weighted by atomic mass is 16.5. The van der Waals surface area contributed by atoms with Crippen molar-refractivity contribution in [2.75, 3.05) is 31.6 Å². The lowest BCUT2D eigenvalue weighted by Gasteiger charge is -2.34. The maximum atomic E-state index is 10.7. The third-order valence-electron chi connectivity index (χ3n) is 6.01. The van der Waals surface area contributed by atoms with E-state index in [-0.39, 0.29) is 12.0 Å². The van der Waals surface area contributed by atoms with Crippen LogP contribution in [0.4, 0.5) is 5.95 Å². The van der Waals surface area contributed by atoms with Crippen LogP contribution in [0.3, 0.4) is 0 Å². The number of anilines is 1. The zero-order valence-electron chi connectivity index (χ0n) is 16.8. The number of rotatable bonds is 7. The quantitative estimate of drug-likeness (QED) is 0.717. The summed E-state index contributed by atoms with van der Waals surface area (Å²) in [7, 11) is 0. The Labute approximate surface area is 175 Å². The topological polar surface area (TPSA) is 96.8 Å². The molecule has 0 amide bonds. The first-order valence-corrected chi connectivity index (χ1v) is 10.5. The molecule has 1 saturated carbocycles. The summed E-state index contributed by atoms with van der Waals surface area (Å²) in [6.07, 6.45) is 5.30. The van der Waals surface area contributed by atoms with Crippen molar-refractivity contribution in [2.24, 2.45) is 0 Å². The van der Waals surface area contributed by atoms with Crippen molar-refractivity contribution in [1.82, 2.24) is 14.9 Å². The maximum Gasteiger partial charge on any atom is 0.341 e. The molecule has 8 nitrogen and oxygen atoms in total. The number of benzene rings is 1. The molecule has 1 saturated heterocycles. The van der Waals surface area contributed by atoms with Gasteiger partial charge in [0.05, 0.1) is 24.3 Å². The molecule has 0 radical (unpaired) electrons. The summed E-state index contributed by atoms with van der Waals surface area (Å²) in [5.74, 6) is 0.341. The average molecular weight is 410 g/mol. The molecule has 5 rings (SSSR count). The van der Waals surface area contributed by atoms with Crippen molar-refractivity contribution < 1.29 is 19.4 Å². The zero-order valence-corrected chi connectivity index (χ0v) is 16.8. The first-order chi connectivity index (χ1) is 14.6. The van der Waals surface area contributed by atoms with Gasteiger partial charge >= 0.3 is 5.97 Å². The van der Waals surface area contributed by atoms with Crippen LogP contribution in [0, 0.1) is 0 Å². The van der Waals surface area contributed by atoms with Gasteiger partial charge in [0.1, 0.15) is 5.75 Å². The number of likely N-dealkylation sites (tertiary alicyclic amines) is 1. The summed E-state index contributed by atoms with van der Waals surface area (Å²) in [5.41, 5.74) is 3.22. The van der Waals surface area contributed by atoms with Crippen LogP contribution in [0.1, 0.15) is 36.1 Å². The molecular weight excluding hydrogens is 384 g/mol. The molecule has 8 heteroatoms. The lowest BCUT2D eigenvalue weighted by Crippen LogP contribution is -2.40. The molecule has 1 spiro atoms. The molecule has 158 valence electrons. The number of carbonyl (C=O) groups is 1. The van der Waals surface area contributed by atoms with Crippen molar-refractivity contribution in [1.29, 1.82) is 0 Å². The molecule has 1 aromatic heterocycles. The summed E-state index contributed by atoms with van der Waals surface area (Å²) in [5, 5.41) is 12.2. The molecule has 0 unspecified atom stereocenters. The Morgan fingerprint density at radius 2 is 2.30 bits per heavy atom. The van der Waals surface area contributed by atoms with Crippen molar-refractivity contribution >= 4 is 11.9 Å². The fraction of sp³-hybridized carbons (Fsp3) is 0.500. The Balaban J connectivity index is 1.30. The minimum absolute atomic E-state index is 0.103. The summed E-state index contributed by atoms with van der Waals surface area (Å²) in [4.78, 5) is 22.5. The van der Waals surface area contributed by atoms with Gasteiger partial charge in [0, 0.05) is 30.9 Å². The van der Waals surface area contributed by atoms with Crippen LogP contribution < -0.4 is 10.1 Å². The number of carboxylic acid groups (broad SMARTS) is 1. The SMILES string of the molecule is O=C(O)COc1cccc(CN2CC[C@]3(COCc4cnc(NC5CC5)nc43)C2)c1. The number of aliphatic carboxylic acids is 1. The smallest absolute Gasteiger partial charge is 0.341 e. The number of carboxylic acids is 1. The van der Waals surface area contributed by atoms with E-state index in [1.54, 1.807) is 6.07 Å². The summed E-state index contributed by atoms with van der Waals surface area (Å²) >= 11 is 0. The van der Waals surface area contributed by atoms with Crippen molar-refractivity contribution in [3.05, 3.63) is 47.3 Å². The third-order valence-corrected chi connectivity index (χ3v) is 6.01. The number of ether oxygens (including phenoxy) is 2. The van der Waals surface area contributed by atoms with Crippen LogP contribution in [0.25, 0.3) is 0 Å². The van der Waals surface area contributed by atoms with E-state index in [2.05, 4.69) is 15.2 Å². The van der Waals surface area contributed by atoms with Crippen molar-refractivity contribution in [3.8, 4) is 5.75 Å². The highest BCUT2D eigenvalue weighted by Crippen LogP contribution is 2.40. The number of nitrogens with one attached hydrogen (secondary N) is 1. The Bertz CT molecular complexity index is 948. The normalized spacial score (nSPS) is 23.3. The highest BCUT2D eigenvalue weighted by Gasteiger charge is 2.45. The van der Waals surface area contributed by atoms with Crippen LogP contribution in [0.5, 0.6) is 5.75 Å². The number of nitrogens with zero attached hydrogens (tertiary/aromatic N) is 3. The van der Waals surface area contributed by atoms with Crippen LogP contribution >= 0.6 is 0 Å². The van der Waals surface area contributed by atoms with E-state index in [1.165, 1.54) is 12.8 Å². The standard InChI is InChI=1S/C22H26N4O4/c27-19(28)12-30-18-3-1-2-15(8-18)10-26-7-6-22(13-26)14-29-11-16-9-23-21(25-20(16)22)24-17-4-5-17/h1-3,8-9,17H,4-7,10-14H2,(H,27,28)(H,23,24,25)/t22-/m1/s1. The van der Waals surface area contributed by atoms with Gasteiger partial charge in [0.15, 0.2) is 6.61 Å². The van der Waals surface area contributed by atoms with Crippen LogP contribution in [0.15, 0.2) is 30.5 Å². The molecule has 3 aliphatic rings. The van der Waals surface area contributed by atoms with Crippen molar-refractivity contribution in [3.63, 3.8) is 0 Å². The van der Waals surface area contributed by atoms with E-state index in [9.17, 15) is 4.79 Å². The van der Waals surface area contributed by atoms with Gasteiger partial charge in [-0.2, -0.15) is 0 Å². The second kappa shape index (κ2) is 7.85. The van der Waals surface area contributed by atoms with Gasteiger partial charge in [-0.15, -0.1) is 0 Å². The lowest BCUT2D eigenvalue weighted by molar-refractivity contribution is -0.139. The first-order valence-electron chi connectivity index (χ1n) is 10.5. The van der Waals surface area contributed by atoms with E-state index >= 15 is 0 Å². The maximum absolute atomic E-state index is 10.7. The van der Waals surface area contributed by atoms with Crippen molar-refractivity contribution in [2.45, 2.75) is 43.9 Å². The molecule has 1 aromatic carbocycles. The Kier molecular flexibility index (Phi) is 5.04. The second-order valence-corrected chi connectivity index (χ2v) is 8.55.